The van der Waals surface area contributed by atoms with Crippen LogP contribution in [0.1, 0.15) is 33.4 Å². The number of anilines is 3. The zero-order valence-corrected chi connectivity index (χ0v) is 36.3. The van der Waals surface area contributed by atoms with E-state index in [0.29, 0.717) is 0 Å². The Labute approximate surface area is 385 Å². The molecule has 0 heterocycles. The number of fused-ring (bicyclic) bond motifs is 4. The fourth-order valence-electron chi connectivity index (χ4n) is 11.2. The first-order valence-electron chi connectivity index (χ1n) is 22.9. The molecule has 0 amide bonds. The summed E-state index contributed by atoms with van der Waals surface area (Å²) in [6.07, 6.45) is 4.52. The highest BCUT2D eigenvalue weighted by Crippen LogP contribution is 2.57. The zero-order valence-electron chi connectivity index (χ0n) is 36.3. The number of benzene rings is 11. The van der Waals surface area contributed by atoms with E-state index in [0.717, 1.165) is 17.1 Å². The molecular weight excluding hydrogens is 795 g/mol. The number of nitrogens with zero attached hydrogens (tertiary/aromatic N) is 1. The molecule has 0 unspecified atom stereocenters. The zero-order chi connectivity index (χ0) is 43.6. The SMILES string of the molecule is C1=Cc2ccc(-c3ccc(N(c4ccc(-c5ccccc5)cc4)c4ccc5c(c4)C(c4ccccc4)(c4ccccc4)c4ccccc4-5)c4ccccc34)c3c(-c4ccccc4)ccc1c23. The van der Waals surface area contributed by atoms with E-state index in [1.54, 1.807) is 0 Å². The highest BCUT2D eigenvalue weighted by atomic mass is 15.1. The summed E-state index contributed by atoms with van der Waals surface area (Å²) in [5.74, 6) is 0. The normalized spacial score (nSPS) is 12.9. The Morgan fingerprint density at radius 1 is 0.288 bits per heavy atom. The Hall–Kier alpha value is -8.52. The second kappa shape index (κ2) is 15.3. The summed E-state index contributed by atoms with van der Waals surface area (Å²) in [4.78, 5) is 2.48. The number of hydrogen-bond donors (Lipinski definition) is 0. The fourth-order valence-corrected chi connectivity index (χ4v) is 11.2. The smallest absolute Gasteiger partial charge is 0.0714 e. The monoisotopic (exact) mass is 837 g/mol. The van der Waals surface area contributed by atoms with E-state index in [1.165, 1.54) is 99.4 Å². The first kappa shape index (κ1) is 38.0. The van der Waals surface area contributed by atoms with Crippen molar-refractivity contribution in [2.75, 3.05) is 4.90 Å². The third kappa shape index (κ3) is 5.80. The van der Waals surface area contributed by atoms with Crippen molar-refractivity contribution in [2.45, 2.75) is 5.41 Å². The molecule has 0 fully saturated rings. The van der Waals surface area contributed by atoms with Gasteiger partial charge in [0.2, 0.25) is 0 Å². The molecule has 0 N–H and O–H groups in total. The van der Waals surface area contributed by atoms with Gasteiger partial charge in [-0.15, -0.1) is 0 Å². The maximum atomic E-state index is 2.48. The Kier molecular flexibility index (Phi) is 8.82. The standard InChI is InChI=1S/C65H43N/c1-5-17-44(18-6-1)45-31-35-51(36-32-45)66(52-37-40-57-56-26-15-16-28-60(56)65(61(57)43-52,49-21-9-3-10-22-49)50-23-11-4-12-24-50)62-42-41-55(54-25-13-14-27-58(54)62)59-39-34-48-30-29-47-33-38-53(64(59)63(47)48)46-19-7-2-8-20-46/h1-43H. The van der Waals surface area contributed by atoms with Crippen LogP contribution >= 0.6 is 0 Å². The minimum absolute atomic E-state index is 0.527. The van der Waals surface area contributed by atoms with E-state index < -0.39 is 5.41 Å². The molecular formula is C65H43N. The lowest BCUT2D eigenvalue weighted by molar-refractivity contribution is 0.768. The lowest BCUT2D eigenvalue weighted by atomic mass is 9.67. The molecule has 66 heavy (non-hydrogen) atoms. The predicted octanol–water partition coefficient (Wildman–Crippen LogP) is 17.3. The van der Waals surface area contributed by atoms with Crippen LogP contribution in [0.15, 0.2) is 249 Å². The first-order chi connectivity index (χ1) is 32.8. The van der Waals surface area contributed by atoms with Gasteiger partial charge in [0.05, 0.1) is 11.1 Å². The van der Waals surface area contributed by atoms with E-state index in [1.807, 2.05) is 0 Å². The van der Waals surface area contributed by atoms with E-state index in [2.05, 4.69) is 266 Å². The second-order valence-electron chi connectivity index (χ2n) is 17.5. The molecule has 308 valence electrons. The van der Waals surface area contributed by atoms with Gasteiger partial charge in [-0.1, -0.05) is 231 Å². The van der Waals surface area contributed by atoms with Gasteiger partial charge in [-0.25, -0.2) is 0 Å². The van der Waals surface area contributed by atoms with Crippen molar-refractivity contribution in [3.8, 4) is 44.5 Å². The Morgan fingerprint density at radius 2 is 0.788 bits per heavy atom. The van der Waals surface area contributed by atoms with Crippen LogP contribution in [-0.4, -0.2) is 0 Å². The third-order valence-electron chi connectivity index (χ3n) is 14.1. The summed E-state index contributed by atoms with van der Waals surface area (Å²) in [5, 5.41) is 5.01. The van der Waals surface area contributed by atoms with Crippen molar-refractivity contribution < 1.29 is 0 Å². The largest absolute Gasteiger partial charge is 0.310 e. The molecule has 1 heteroatoms. The predicted molar refractivity (Wildman–Crippen MR) is 279 cm³/mol. The van der Waals surface area contributed by atoms with Gasteiger partial charge in [0.25, 0.3) is 0 Å². The van der Waals surface area contributed by atoms with Gasteiger partial charge >= 0.3 is 0 Å². The van der Waals surface area contributed by atoms with Gasteiger partial charge < -0.3 is 4.90 Å². The molecule has 0 saturated heterocycles. The minimum Gasteiger partial charge on any atom is -0.310 e. The van der Waals surface area contributed by atoms with E-state index in [9.17, 15) is 0 Å². The lowest BCUT2D eigenvalue weighted by Gasteiger charge is -2.35. The van der Waals surface area contributed by atoms with Gasteiger partial charge in [0, 0.05) is 16.8 Å². The van der Waals surface area contributed by atoms with Crippen LogP contribution in [0.4, 0.5) is 17.1 Å². The topological polar surface area (TPSA) is 3.24 Å². The molecule has 0 spiro atoms. The van der Waals surface area contributed by atoms with E-state index in [4.69, 9.17) is 0 Å². The summed E-state index contributed by atoms with van der Waals surface area (Å²) in [7, 11) is 0. The van der Waals surface area contributed by atoms with Crippen LogP contribution < -0.4 is 4.90 Å². The van der Waals surface area contributed by atoms with Crippen LogP contribution in [0.25, 0.3) is 78.2 Å². The van der Waals surface area contributed by atoms with Crippen molar-refractivity contribution in [3.05, 3.63) is 282 Å². The summed E-state index contributed by atoms with van der Waals surface area (Å²) in [5.41, 5.74) is 20.3. The highest BCUT2D eigenvalue weighted by Gasteiger charge is 2.46. The first-order valence-corrected chi connectivity index (χ1v) is 22.9. The average Bonchev–Trinajstić information content (AvgIpc) is 3.96. The van der Waals surface area contributed by atoms with Crippen molar-refractivity contribution in [2.24, 2.45) is 0 Å². The summed E-state index contributed by atoms with van der Waals surface area (Å²) < 4.78 is 0. The second-order valence-corrected chi connectivity index (χ2v) is 17.5. The summed E-state index contributed by atoms with van der Waals surface area (Å²) >= 11 is 0. The molecule has 0 radical (unpaired) electrons. The lowest BCUT2D eigenvalue weighted by Crippen LogP contribution is -2.28. The summed E-state index contributed by atoms with van der Waals surface area (Å²) in [6.45, 7) is 0. The van der Waals surface area contributed by atoms with Crippen LogP contribution in [0.5, 0.6) is 0 Å². The van der Waals surface area contributed by atoms with Crippen LogP contribution in [-0.2, 0) is 5.41 Å². The Bertz CT molecular complexity index is 3610. The van der Waals surface area contributed by atoms with Crippen molar-refractivity contribution in [3.63, 3.8) is 0 Å². The van der Waals surface area contributed by atoms with Crippen molar-refractivity contribution >= 4 is 50.8 Å². The van der Waals surface area contributed by atoms with Gasteiger partial charge in [0.15, 0.2) is 0 Å². The molecule has 1 nitrogen and oxygen atoms in total. The highest BCUT2D eigenvalue weighted by molar-refractivity contribution is 6.19. The maximum Gasteiger partial charge on any atom is 0.0714 e. The molecule has 2 aliphatic rings. The molecule has 0 aromatic heterocycles. The van der Waals surface area contributed by atoms with E-state index in [-0.39, 0.29) is 0 Å². The van der Waals surface area contributed by atoms with Crippen LogP contribution in [0.3, 0.4) is 0 Å². The van der Waals surface area contributed by atoms with Crippen LogP contribution in [0.2, 0.25) is 0 Å². The molecule has 0 bridgehead atoms. The van der Waals surface area contributed by atoms with E-state index >= 15 is 0 Å². The number of rotatable bonds is 8. The Morgan fingerprint density at radius 3 is 1.47 bits per heavy atom. The molecule has 11 aromatic rings. The molecule has 13 rings (SSSR count). The average molecular weight is 838 g/mol. The molecule has 0 atom stereocenters. The van der Waals surface area contributed by atoms with Crippen molar-refractivity contribution in [1.82, 2.24) is 0 Å². The Balaban J connectivity index is 1.06. The minimum atomic E-state index is -0.527. The number of hydrogen-bond acceptors (Lipinski definition) is 1. The van der Waals surface area contributed by atoms with Gasteiger partial charge in [-0.3, -0.25) is 0 Å². The van der Waals surface area contributed by atoms with Crippen molar-refractivity contribution in [1.29, 1.82) is 0 Å². The molecule has 0 saturated carbocycles. The van der Waals surface area contributed by atoms with Gasteiger partial charge in [-0.05, 0) is 124 Å². The van der Waals surface area contributed by atoms with Gasteiger partial charge in [-0.2, -0.15) is 0 Å². The quantitative estimate of drug-likeness (QED) is 0.147. The molecule has 11 aromatic carbocycles. The molecule has 0 aliphatic heterocycles. The van der Waals surface area contributed by atoms with Crippen LogP contribution in [0, 0.1) is 0 Å². The maximum absolute atomic E-state index is 2.48. The fraction of sp³-hybridized carbons (Fsp3) is 0.0154. The third-order valence-corrected chi connectivity index (χ3v) is 14.1. The summed E-state index contributed by atoms with van der Waals surface area (Å²) in [6, 6.07) is 91.9. The van der Waals surface area contributed by atoms with Gasteiger partial charge in [0.1, 0.15) is 0 Å². The molecule has 2 aliphatic carbocycles.